The van der Waals surface area contributed by atoms with Crippen LogP contribution in [-0.4, -0.2) is 37.7 Å². The van der Waals surface area contributed by atoms with Crippen LogP contribution in [-0.2, 0) is 9.84 Å². The first-order valence-electron chi connectivity index (χ1n) is 8.52. The first kappa shape index (κ1) is 21.0. The molecule has 156 valence electrons. The molecule has 0 aliphatic rings. The monoisotopic (exact) mass is 431 g/mol. The number of methoxy groups -OCH3 is 1. The van der Waals surface area contributed by atoms with Gasteiger partial charge in [-0.25, -0.2) is 17.8 Å². The first-order valence-corrected chi connectivity index (χ1v) is 10.4. The smallest absolute Gasteiger partial charge is 0.254 e. The minimum Gasteiger partial charge on any atom is -0.497 e. The number of ether oxygens (including phenoxy) is 1. The number of carbonyl (C=O) groups is 1. The molecule has 1 amide bonds. The molecule has 9 nitrogen and oxygen atoms in total. The van der Waals surface area contributed by atoms with E-state index in [9.17, 15) is 17.6 Å². The Labute approximate surface area is 172 Å². The third kappa shape index (κ3) is 4.63. The van der Waals surface area contributed by atoms with Crippen molar-refractivity contribution >= 4 is 38.9 Å². The van der Waals surface area contributed by atoms with Gasteiger partial charge >= 0.3 is 0 Å². The Kier molecular flexibility index (Phi) is 5.83. The first-order chi connectivity index (χ1) is 14.2. The normalized spacial score (nSPS) is 11.0. The summed E-state index contributed by atoms with van der Waals surface area (Å²) in [4.78, 5) is 19.9. The van der Waals surface area contributed by atoms with Gasteiger partial charge in [-0.05, 0) is 24.3 Å². The fraction of sp³-hybridized carbons (Fsp3) is 0.105. The highest BCUT2D eigenvalue weighted by Crippen LogP contribution is 2.28. The van der Waals surface area contributed by atoms with Crippen LogP contribution in [0.3, 0.4) is 0 Å². The van der Waals surface area contributed by atoms with Crippen LogP contribution in [0.4, 0.5) is 27.5 Å². The van der Waals surface area contributed by atoms with Crippen LogP contribution in [0.15, 0.2) is 53.6 Å². The van der Waals surface area contributed by atoms with E-state index in [0.717, 1.165) is 12.5 Å². The van der Waals surface area contributed by atoms with E-state index >= 15 is 0 Å². The second-order valence-corrected chi connectivity index (χ2v) is 8.17. The molecule has 0 aliphatic heterocycles. The molecule has 30 heavy (non-hydrogen) atoms. The number of para-hydroxylation sites is 1. The number of amides is 1. The molecule has 0 radical (unpaired) electrons. The van der Waals surface area contributed by atoms with Gasteiger partial charge < -0.3 is 21.1 Å². The van der Waals surface area contributed by atoms with Crippen LogP contribution < -0.4 is 21.1 Å². The molecule has 1 heterocycles. The molecule has 3 aromatic rings. The quantitative estimate of drug-likeness (QED) is 0.519. The number of hydrogen-bond acceptors (Lipinski definition) is 8. The maximum Gasteiger partial charge on any atom is 0.254 e. The predicted molar refractivity (Wildman–Crippen MR) is 110 cm³/mol. The Morgan fingerprint density at radius 3 is 2.53 bits per heavy atom. The van der Waals surface area contributed by atoms with Crippen molar-refractivity contribution in [2.75, 3.05) is 24.0 Å². The van der Waals surface area contributed by atoms with Crippen LogP contribution >= 0.6 is 0 Å². The number of nitrogens with one attached hydrogen (secondary N) is 2. The Morgan fingerprint density at radius 1 is 1.13 bits per heavy atom. The molecule has 0 spiro atoms. The summed E-state index contributed by atoms with van der Waals surface area (Å²) >= 11 is 0. The Morgan fingerprint density at radius 2 is 1.87 bits per heavy atom. The van der Waals surface area contributed by atoms with Crippen molar-refractivity contribution in [2.45, 2.75) is 4.90 Å². The molecular weight excluding hydrogens is 413 g/mol. The average Bonchev–Trinajstić information content (AvgIpc) is 2.69. The third-order valence-electron chi connectivity index (χ3n) is 4.01. The zero-order valence-corrected chi connectivity index (χ0v) is 16.8. The lowest BCUT2D eigenvalue weighted by atomic mass is 10.2. The molecule has 0 unspecified atom stereocenters. The minimum absolute atomic E-state index is 0.00684. The standard InChI is InChI=1S/C19H18FN5O4S/c1-29-11-7-8-13(20)15(9-11)24-19-22-10-12(17(21)26)18(25-19)23-14-5-3-4-6-16(14)30(2,27)28/h3-10H,1-2H3,(H2,21,26)(H2,22,23,24,25). The van der Waals surface area contributed by atoms with Gasteiger partial charge in [0.25, 0.3) is 5.91 Å². The summed E-state index contributed by atoms with van der Waals surface area (Å²) in [6.07, 6.45) is 2.21. The summed E-state index contributed by atoms with van der Waals surface area (Å²) in [5.41, 5.74) is 5.55. The van der Waals surface area contributed by atoms with Gasteiger partial charge in [-0.1, -0.05) is 12.1 Å². The van der Waals surface area contributed by atoms with Gasteiger partial charge in [-0.2, -0.15) is 4.98 Å². The summed E-state index contributed by atoms with van der Waals surface area (Å²) in [6, 6.07) is 10.2. The predicted octanol–water partition coefficient (Wildman–Crippen LogP) is 2.61. The number of nitrogens with zero attached hydrogens (tertiary/aromatic N) is 2. The highest BCUT2D eigenvalue weighted by Gasteiger charge is 2.18. The number of halogens is 1. The summed E-state index contributed by atoms with van der Waals surface area (Å²) in [7, 11) is -2.12. The minimum atomic E-state index is -3.56. The van der Waals surface area contributed by atoms with Gasteiger partial charge in [0.1, 0.15) is 22.9 Å². The fourth-order valence-corrected chi connectivity index (χ4v) is 3.43. The topological polar surface area (TPSA) is 136 Å². The van der Waals surface area contributed by atoms with Gasteiger partial charge in [-0.15, -0.1) is 0 Å². The van der Waals surface area contributed by atoms with E-state index in [-0.39, 0.29) is 33.6 Å². The molecule has 0 bridgehead atoms. The molecule has 3 rings (SSSR count). The van der Waals surface area contributed by atoms with Gasteiger partial charge in [0, 0.05) is 18.5 Å². The van der Waals surface area contributed by atoms with Gasteiger partial charge in [0.15, 0.2) is 9.84 Å². The van der Waals surface area contributed by atoms with E-state index in [2.05, 4.69) is 20.6 Å². The summed E-state index contributed by atoms with van der Waals surface area (Å²) < 4.78 is 43.2. The zero-order chi connectivity index (χ0) is 21.9. The molecule has 11 heteroatoms. The second kappa shape index (κ2) is 8.33. The fourth-order valence-electron chi connectivity index (χ4n) is 2.59. The van der Waals surface area contributed by atoms with Crippen molar-refractivity contribution < 1.29 is 22.3 Å². The molecule has 1 aromatic heterocycles. The largest absolute Gasteiger partial charge is 0.497 e. The number of primary amides is 1. The lowest BCUT2D eigenvalue weighted by Gasteiger charge is -2.14. The Balaban J connectivity index is 2.02. The van der Waals surface area contributed by atoms with E-state index in [1.54, 1.807) is 12.1 Å². The maximum absolute atomic E-state index is 14.1. The second-order valence-electron chi connectivity index (χ2n) is 6.18. The maximum atomic E-state index is 14.1. The van der Waals surface area contributed by atoms with Crippen molar-refractivity contribution in [3.05, 3.63) is 60.0 Å². The number of carbonyl (C=O) groups excluding carboxylic acids is 1. The van der Waals surface area contributed by atoms with Crippen molar-refractivity contribution in [3.63, 3.8) is 0 Å². The van der Waals surface area contributed by atoms with Crippen LogP contribution in [0, 0.1) is 5.82 Å². The summed E-state index contributed by atoms with van der Waals surface area (Å²) in [5, 5.41) is 5.50. The van der Waals surface area contributed by atoms with Crippen molar-refractivity contribution in [2.24, 2.45) is 5.73 Å². The number of rotatable bonds is 7. The van der Waals surface area contributed by atoms with E-state index < -0.39 is 21.6 Å². The highest BCUT2D eigenvalue weighted by atomic mass is 32.2. The molecule has 0 fully saturated rings. The average molecular weight is 431 g/mol. The van der Waals surface area contributed by atoms with E-state index in [1.807, 2.05) is 0 Å². The lowest BCUT2D eigenvalue weighted by molar-refractivity contribution is 0.100. The SMILES string of the molecule is COc1ccc(F)c(Nc2ncc(C(N)=O)c(Nc3ccccc3S(C)(=O)=O)n2)c1. The number of benzene rings is 2. The van der Waals surface area contributed by atoms with E-state index in [0.29, 0.717) is 5.75 Å². The number of nitrogens with two attached hydrogens (primary N) is 1. The molecular formula is C19H18FN5O4S. The van der Waals surface area contributed by atoms with Crippen LogP contribution in [0.25, 0.3) is 0 Å². The third-order valence-corrected chi connectivity index (χ3v) is 5.17. The van der Waals surface area contributed by atoms with Crippen LogP contribution in [0.5, 0.6) is 5.75 Å². The van der Waals surface area contributed by atoms with E-state index in [1.165, 1.54) is 37.4 Å². The summed E-state index contributed by atoms with van der Waals surface area (Å²) in [6.45, 7) is 0. The number of aromatic nitrogens is 2. The molecule has 0 saturated carbocycles. The van der Waals surface area contributed by atoms with Crippen molar-refractivity contribution in [1.29, 1.82) is 0 Å². The number of hydrogen-bond donors (Lipinski definition) is 3. The molecule has 0 aliphatic carbocycles. The highest BCUT2D eigenvalue weighted by molar-refractivity contribution is 7.90. The molecule has 0 saturated heterocycles. The lowest BCUT2D eigenvalue weighted by Crippen LogP contribution is -2.16. The number of sulfone groups is 1. The molecule has 0 atom stereocenters. The number of anilines is 4. The van der Waals surface area contributed by atoms with Crippen LogP contribution in [0.1, 0.15) is 10.4 Å². The summed E-state index contributed by atoms with van der Waals surface area (Å²) in [5.74, 6) is -1.08. The zero-order valence-electron chi connectivity index (χ0n) is 16.0. The molecule has 4 N–H and O–H groups in total. The van der Waals surface area contributed by atoms with Gasteiger partial charge in [-0.3, -0.25) is 4.79 Å². The van der Waals surface area contributed by atoms with Crippen LogP contribution in [0.2, 0.25) is 0 Å². The van der Waals surface area contributed by atoms with E-state index in [4.69, 9.17) is 10.5 Å². The van der Waals surface area contributed by atoms with Crippen molar-refractivity contribution in [3.8, 4) is 5.75 Å². The van der Waals surface area contributed by atoms with Gasteiger partial charge in [0.2, 0.25) is 5.95 Å². The molecule has 2 aromatic carbocycles. The Hall–Kier alpha value is -3.73. The Bertz CT molecular complexity index is 1220. The van der Waals surface area contributed by atoms with Crippen molar-refractivity contribution in [1.82, 2.24) is 9.97 Å². The van der Waals surface area contributed by atoms with Gasteiger partial charge in [0.05, 0.1) is 23.4 Å².